The summed E-state index contributed by atoms with van der Waals surface area (Å²) in [6.45, 7) is 2.20. The number of oxazole rings is 1. The van der Waals surface area contributed by atoms with Crippen molar-refractivity contribution in [2.75, 3.05) is 5.32 Å². The van der Waals surface area contributed by atoms with Crippen molar-refractivity contribution in [2.24, 2.45) is 10.7 Å². The van der Waals surface area contributed by atoms with Crippen molar-refractivity contribution in [1.29, 1.82) is 0 Å². The van der Waals surface area contributed by atoms with Gasteiger partial charge in [-0.2, -0.15) is 0 Å². The van der Waals surface area contributed by atoms with E-state index in [0.29, 0.717) is 11.7 Å². The van der Waals surface area contributed by atoms with Crippen LogP contribution in [0.4, 0.5) is 14.5 Å². The van der Waals surface area contributed by atoms with Crippen molar-refractivity contribution in [3.05, 3.63) is 47.7 Å². The smallest absolute Gasteiger partial charge is 0.194 e. The minimum Gasteiger partial charge on any atom is -0.444 e. The highest BCUT2D eigenvalue weighted by molar-refractivity contribution is 5.92. The maximum atomic E-state index is 13.4. The molecular formula is C14H16F2N4O. The van der Waals surface area contributed by atoms with Crippen LogP contribution in [0.1, 0.15) is 25.0 Å². The summed E-state index contributed by atoms with van der Waals surface area (Å²) in [4.78, 5) is 8.08. The maximum Gasteiger partial charge on any atom is 0.194 e. The number of aromatic nitrogens is 1. The van der Waals surface area contributed by atoms with E-state index in [9.17, 15) is 8.78 Å². The van der Waals surface area contributed by atoms with Crippen LogP contribution in [-0.2, 0) is 13.0 Å². The zero-order chi connectivity index (χ0) is 15.2. The molecule has 112 valence electrons. The van der Waals surface area contributed by atoms with Gasteiger partial charge in [-0.1, -0.05) is 6.92 Å². The van der Waals surface area contributed by atoms with Crippen molar-refractivity contribution in [3.63, 3.8) is 0 Å². The van der Waals surface area contributed by atoms with E-state index in [-0.39, 0.29) is 18.2 Å². The Bertz CT molecular complexity index is 640. The number of guanidine groups is 1. The lowest BCUT2D eigenvalue weighted by molar-refractivity contribution is 0.454. The molecule has 2 aromatic rings. The largest absolute Gasteiger partial charge is 0.444 e. The van der Waals surface area contributed by atoms with E-state index in [1.807, 2.05) is 6.92 Å². The molecule has 1 aromatic carbocycles. The quantitative estimate of drug-likeness (QED) is 0.656. The molecule has 5 nitrogen and oxygen atoms in total. The van der Waals surface area contributed by atoms with E-state index >= 15 is 0 Å². The molecule has 0 aliphatic heterocycles. The normalized spacial score (nSPS) is 11.7. The molecule has 3 N–H and O–H groups in total. The first-order chi connectivity index (χ1) is 10.1. The number of nitrogens with zero attached hydrogens (tertiary/aromatic N) is 2. The zero-order valence-corrected chi connectivity index (χ0v) is 11.6. The standard InChI is InChI=1S/C14H16F2N4O/c1-2-3-13-18-7-10(21-13)8-19-14(17)20-12-6-9(15)4-5-11(12)16/h4-7H,2-3,8H2,1H3,(H3,17,19,20). The third-order valence-electron chi connectivity index (χ3n) is 2.66. The number of aryl methyl sites for hydroxylation is 1. The summed E-state index contributed by atoms with van der Waals surface area (Å²) in [5, 5.41) is 2.50. The Balaban J connectivity index is 1.98. The van der Waals surface area contributed by atoms with Crippen LogP contribution in [0.3, 0.4) is 0 Å². The fourth-order valence-corrected chi connectivity index (χ4v) is 1.68. The second-order valence-corrected chi connectivity index (χ2v) is 4.42. The van der Waals surface area contributed by atoms with Crippen molar-refractivity contribution < 1.29 is 13.2 Å². The van der Waals surface area contributed by atoms with Gasteiger partial charge in [0.25, 0.3) is 0 Å². The number of anilines is 1. The molecule has 0 aliphatic rings. The average molecular weight is 294 g/mol. The van der Waals surface area contributed by atoms with Crippen LogP contribution in [-0.4, -0.2) is 10.9 Å². The SMILES string of the molecule is CCCc1ncc(CN=C(N)Nc2cc(F)ccc2F)o1. The lowest BCUT2D eigenvalue weighted by Gasteiger charge is -2.06. The first kappa shape index (κ1) is 15.0. The number of halogens is 2. The number of benzene rings is 1. The Morgan fingerprint density at radius 1 is 1.43 bits per heavy atom. The van der Waals surface area contributed by atoms with E-state index in [1.54, 1.807) is 6.20 Å². The molecule has 0 aliphatic carbocycles. The highest BCUT2D eigenvalue weighted by Gasteiger charge is 2.06. The molecular weight excluding hydrogens is 278 g/mol. The fourth-order valence-electron chi connectivity index (χ4n) is 1.68. The number of nitrogens with one attached hydrogen (secondary N) is 1. The predicted molar refractivity (Wildman–Crippen MR) is 75.8 cm³/mol. The van der Waals surface area contributed by atoms with Gasteiger partial charge in [-0.25, -0.2) is 18.8 Å². The topological polar surface area (TPSA) is 76.4 Å². The van der Waals surface area contributed by atoms with Gasteiger partial charge in [0, 0.05) is 12.5 Å². The predicted octanol–water partition coefficient (Wildman–Crippen LogP) is 2.83. The fraction of sp³-hybridized carbons (Fsp3) is 0.286. The van der Waals surface area contributed by atoms with Gasteiger partial charge in [-0.15, -0.1) is 0 Å². The van der Waals surface area contributed by atoms with Gasteiger partial charge < -0.3 is 15.5 Å². The molecule has 2 rings (SSSR count). The van der Waals surface area contributed by atoms with E-state index in [0.717, 1.165) is 31.0 Å². The van der Waals surface area contributed by atoms with E-state index in [2.05, 4.69) is 15.3 Å². The third kappa shape index (κ3) is 4.27. The average Bonchev–Trinajstić information content (AvgIpc) is 2.89. The molecule has 7 heteroatoms. The molecule has 0 saturated carbocycles. The number of hydrogen-bond acceptors (Lipinski definition) is 3. The van der Waals surface area contributed by atoms with E-state index in [1.165, 1.54) is 0 Å². The van der Waals surface area contributed by atoms with Gasteiger partial charge in [-0.3, -0.25) is 0 Å². The van der Waals surface area contributed by atoms with Gasteiger partial charge in [-0.05, 0) is 18.6 Å². The van der Waals surface area contributed by atoms with E-state index < -0.39 is 11.6 Å². The van der Waals surface area contributed by atoms with Gasteiger partial charge in [0.05, 0.1) is 11.9 Å². The molecule has 0 unspecified atom stereocenters. The molecule has 0 saturated heterocycles. The van der Waals surface area contributed by atoms with Gasteiger partial charge in [0.2, 0.25) is 0 Å². The Labute approximate surface area is 120 Å². The van der Waals surface area contributed by atoms with Crippen LogP contribution in [0.25, 0.3) is 0 Å². The Morgan fingerprint density at radius 3 is 3.00 bits per heavy atom. The summed E-state index contributed by atoms with van der Waals surface area (Å²) in [6, 6.07) is 3.04. The molecule has 0 atom stereocenters. The van der Waals surface area contributed by atoms with Crippen molar-refractivity contribution in [1.82, 2.24) is 4.98 Å². The second kappa shape index (κ2) is 6.83. The number of nitrogens with two attached hydrogens (primary N) is 1. The van der Waals surface area contributed by atoms with Crippen LogP contribution < -0.4 is 11.1 Å². The zero-order valence-electron chi connectivity index (χ0n) is 11.6. The van der Waals surface area contributed by atoms with Crippen LogP contribution >= 0.6 is 0 Å². The minimum atomic E-state index is -0.612. The van der Waals surface area contributed by atoms with Gasteiger partial charge >= 0.3 is 0 Å². The minimum absolute atomic E-state index is 0.0343. The van der Waals surface area contributed by atoms with Crippen molar-refractivity contribution >= 4 is 11.6 Å². The third-order valence-corrected chi connectivity index (χ3v) is 2.66. The molecule has 1 aromatic heterocycles. The number of hydrogen-bond donors (Lipinski definition) is 2. The summed E-state index contributed by atoms with van der Waals surface area (Å²) in [6.07, 6.45) is 3.27. The van der Waals surface area contributed by atoms with Crippen LogP contribution in [0.5, 0.6) is 0 Å². The van der Waals surface area contributed by atoms with E-state index in [4.69, 9.17) is 10.2 Å². The first-order valence-electron chi connectivity index (χ1n) is 6.54. The Morgan fingerprint density at radius 2 is 2.24 bits per heavy atom. The molecule has 0 fully saturated rings. The molecule has 0 spiro atoms. The van der Waals surface area contributed by atoms with Crippen molar-refractivity contribution in [3.8, 4) is 0 Å². The molecule has 1 heterocycles. The molecule has 21 heavy (non-hydrogen) atoms. The first-order valence-corrected chi connectivity index (χ1v) is 6.54. The van der Waals surface area contributed by atoms with Gasteiger partial charge in [0.1, 0.15) is 23.9 Å². The summed E-state index contributed by atoms with van der Waals surface area (Å²) < 4.78 is 31.9. The Hall–Kier alpha value is -2.44. The lowest BCUT2D eigenvalue weighted by Crippen LogP contribution is -2.23. The summed E-state index contributed by atoms with van der Waals surface area (Å²) >= 11 is 0. The van der Waals surface area contributed by atoms with Crippen LogP contribution in [0.2, 0.25) is 0 Å². The summed E-state index contributed by atoms with van der Waals surface area (Å²) in [5.41, 5.74) is 5.56. The number of aliphatic imine (C=N–C) groups is 1. The lowest BCUT2D eigenvalue weighted by atomic mass is 10.3. The number of rotatable bonds is 5. The summed E-state index contributed by atoms with van der Waals surface area (Å²) in [5.74, 6) is -0.00755. The van der Waals surface area contributed by atoms with Crippen LogP contribution in [0.15, 0.2) is 33.8 Å². The second-order valence-electron chi connectivity index (χ2n) is 4.42. The molecule has 0 radical (unpaired) electrons. The maximum absolute atomic E-state index is 13.4. The highest BCUT2D eigenvalue weighted by Crippen LogP contribution is 2.15. The Kier molecular flexibility index (Phi) is 4.86. The highest BCUT2D eigenvalue weighted by atomic mass is 19.1. The monoisotopic (exact) mass is 294 g/mol. The molecule has 0 amide bonds. The van der Waals surface area contributed by atoms with Crippen molar-refractivity contribution in [2.45, 2.75) is 26.3 Å². The van der Waals surface area contributed by atoms with Crippen LogP contribution in [0, 0.1) is 11.6 Å². The van der Waals surface area contributed by atoms with Gasteiger partial charge in [0.15, 0.2) is 11.9 Å². The molecule has 0 bridgehead atoms. The summed E-state index contributed by atoms with van der Waals surface area (Å²) in [7, 11) is 0.